The van der Waals surface area contributed by atoms with Gasteiger partial charge in [0, 0.05) is 6.42 Å². The molecule has 0 aliphatic rings. The van der Waals surface area contributed by atoms with Crippen LogP contribution in [0.15, 0.2) is 30.3 Å². The second kappa shape index (κ2) is 7.59. The number of ketones is 1. The molecule has 2 atom stereocenters. The van der Waals surface area contributed by atoms with E-state index in [2.05, 4.69) is 5.32 Å². The Morgan fingerprint density at radius 3 is 2.22 bits per heavy atom. The van der Waals surface area contributed by atoms with Gasteiger partial charge in [-0.25, -0.2) is 4.79 Å². The quantitative estimate of drug-likeness (QED) is 0.845. The van der Waals surface area contributed by atoms with Crippen molar-refractivity contribution in [2.75, 3.05) is 0 Å². The average molecular weight is 321 g/mol. The van der Waals surface area contributed by atoms with E-state index in [9.17, 15) is 14.7 Å². The van der Waals surface area contributed by atoms with Crippen molar-refractivity contribution in [3.63, 3.8) is 0 Å². The van der Waals surface area contributed by atoms with Crippen LogP contribution in [0.4, 0.5) is 4.79 Å². The van der Waals surface area contributed by atoms with Gasteiger partial charge in [-0.05, 0) is 46.6 Å². The first-order valence-corrected chi connectivity index (χ1v) is 7.75. The van der Waals surface area contributed by atoms with E-state index in [1.54, 1.807) is 27.7 Å². The van der Waals surface area contributed by atoms with Crippen molar-refractivity contribution >= 4 is 11.9 Å². The summed E-state index contributed by atoms with van der Waals surface area (Å²) in [5.74, 6) is -0.140. The highest BCUT2D eigenvalue weighted by molar-refractivity contribution is 5.77. The van der Waals surface area contributed by atoms with E-state index in [-0.39, 0.29) is 12.2 Å². The van der Waals surface area contributed by atoms with Crippen molar-refractivity contribution in [1.29, 1.82) is 0 Å². The molecule has 0 spiro atoms. The maximum absolute atomic E-state index is 12.1. The Morgan fingerprint density at radius 1 is 1.17 bits per heavy atom. The molecule has 1 unspecified atom stereocenters. The molecular formula is C18H27NO4. The van der Waals surface area contributed by atoms with Crippen LogP contribution in [-0.4, -0.2) is 34.2 Å². The minimum Gasteiger partial charge on any atom is -0.444 e. The number of aliphatic hydroxyl groups is 1. The van der Waals surface area contributed by atoms with Gasteiger partial charge >= 0.3 is 6.09 Å². The standard InChI is InChI=1S/C18H27NO4/c1-13(20)12-18(5,22)15(11-14-9-7-6-8-10-14)19-16(21)23-17(2,3)4/h6-10,15,22H,11-12H2,1-5H3,(H,19,21)/t15-,18?/m0/s1. The molecule has 0 aliphatic heterocycles. The van der Waals surface area contributed by atoms with Gasteiger partial charge in [0.1, 0.15) is 11.4 Å². The van der Waals surface area contributed by atoms with Gasteiger partial charge in [0.2, 0.25) is 0 Å². The van der Waals surface area contributed by atoms with Crippen LogP contribution in [0, 0.1) is 0 Å². The van der Waals surface area contributed by atoms with E-state index in [0.29, 0.717) is 6.42 Å². The average Bonchev–Trinajstić information content (AvgIpc) is 2.35. The summed E-state index contributed by atoms with van der Waals surface area (Å²) in [6, 6.07) is 8.86. The molecule has 1 aromatic rings. The molecular weight excluding hydrogens is 294 g/mol. The smallest absolute Gasteiger partial charge is 0.407 e. The first-order chi connectivity index (χ1) is 10.5. The number of hydrogen-bond donors (Lipinski definition) is 2. The molecule has 1 amide bonds. The van der Waals surface area contributed by atoms with Crippen LogP contribution >= 0.6 is 0 Å². The lowest BCUT2D eigenvalue weighted by molar-refractivity contribution is -0.122. The fourth-order valence-electron chi connectivity index (χ4n) is 2.35. The van der Waals surface area contributed by atoms with Crippen molar-refractivity contribution in [1.82, 2.24) is 5.32 Å². The molecule has 5 nitrogen and oxygen atoms in total. The Hall–Kier alpha value is -1.88. The fraction of sp³-hybridized carbons (Fsp3) is 0.556. The number of amides is 1. The van der Waals surface area contributed by atoms with Gasteiger partial charge in [0.05, 0.1) is 11.6 Å². The van der Waals surface area contributed by atoms with Gasteiger partial charge in [-0.1, -0.05) is 30.3 Å². The molecule has 23 heavy (non-hydrogen) atoms. The highest BCUT2D eigenvalue weighted by Gasteiger charge is 2.35. The number of nitrogens with one attached hydrogen (secondary N) is 1. The van der Waals surface area contributed by atoms with Gasteiger partial charge in [0.25, 0.3) is 0 Å². The Morgan fingerprint density at radius 2 is 1.74 bits per heavy atom. The highest BCUT2D eigenvalue weighted by Crippen LogP contribution is 2.20. The number of carbonyl (C=O) groups excluding carboxylic acids is 2. The largest absolute Gasteiger partial charge is 0.444 e. The maximum atomic E-state index is 12.1. The van der Waals surface area contributed by atoms with E-state index in [0.717, 1.165) is 5.56 Å². The predicted molar refractivity (Wildman–Crippen MR) is 89.2 cm³/mol. The van der Waals surface area contributed by atoms with Crippen molar-refractivity contribution in [2.24, 2.45) is 0 Å². The number of Topliss-reactive ketones (excluding diaryl/α,β-unsaturated/α-hetero) is 1. The zero-order valence-corrected chi connectivity index (χ0v) is 14.6. The van der Waals surface area contributed by atoms with Crippen LogP contribution in [0.1, 0.15) is 46.6 Å². The normalized spacial score (nSPS) is 15.4. The van der Waals surface area contributed by atoms with Gasteiger partial charge in [0.15, 0.2) is 0 Å². The second-order valence-electron chi connectivity index (χ2n) is 7.12. The van der Waals surface area contributed by atoms with Crippen LogP contribution < -0.4 is 5.32 Å². The summed E-state index contributed by atoms with van der Waals surface area (Å²) in [5, 5.41) is 13.4. The molecule has 0 bridgehead atoms. The minimum atomic E-state index is -1.36. The number of carbonyl (C=O) groups is 2. The molecule has 0 aromatic heterocycles. The van der Waals surface area contributed by atoms with Gasteiger partial charge < -0.3 is 15.2 Å². The van der Waals surface area contributed by atoms with E-state index in [4.69, 9.17) is 4.74 Å². The molecule has 0 saturated heterocycles. The summed E-state index contributed by atoms with van der Waals surface area (Å²) in [6.07, 6.45) is -0.247. The monoisotopic (exact) mass is 321 g/mol. The summed E-state index contributed by atoms with van der Waals surface area (Å²) < 4.78 is 5.26. The summed E-state index contributed by atoms with van der Waals surface area (Å²) in [6.45, 7) is 8.28. The number of hydrogen-bond acceptors (Lipinski definition) is 4. The van der Waals surface area contributed by atoms with Crippen LogP contribution in [0.5, 0.6) is 0 Å². The van der Waals surface area contributed by atoms with Crippen LogP contribution in [-0.2, 0) is 16.0 Å². The van der Waals surface area contributed by atoms with E-state index in [1.807, 2.05) is 30.3 Å². The Kier molecular flexibility index (Phi) is 6.33. The van der Waals surface area contributed by atoms with Crippen LogP contribution in [0.25, 0.3) is 0 Å². The molecule has 0 heterocycles. The zero-order chi connectivity index (χ0) is 17.7. The summed E-state index contributed by atoms with van der Waals surface area (Å²) in [5.41, 5.74) is -1.04. The fourth-order valence-corrected chi connectivity index (χ4v) is 2.35. The summed E-state index contributed by atoms with van der Waals surface area (Å²) in [7, 11) is 0. The van der Waals surface area contributed by atoms with Crippen molar-refractivity contribution in [2.45, 2.75) is 64.7 Å². The molecule has 0 saturated carbocycles. The first-order valence-electron chi connectivity index (χ1n) is 7.75. The molecule has 0 fully saturated rings. The third-order valence-electron chi connectivity index (χ3n) is 3.33. The van der Waals surface area contributed by atoms with E-state index >= 15 is 0 Å². The first kappa shape index (κ1) is 19.2. The van der Waals surface area contributed by atoms with Crippen molar-refractivity contribution in [3.8, 4) is 0 Å². The minimum absolute atomic E-state index is 0.0414. The van der Waals surface area contributed by atoms with Crippen LogP contribution in [0.2, 0.25) is 0 Å². The van der Waals surface area contributed by atoms with Crippen molar-refractivity contribution in [3.05, 3.63) is 35.9 Å². The van der Waals surface area contributed by atoms with Crippen molar-refractivity contribution < 1.29 is 19.4 Å². The SMILES string of the molecule is CC(=O)CC(C)(O)[C@H](Cc1ccccc1)NC(=O)OC(C)(C)C. The number of alkyl carbamates (subject to hydrolysis) is 1. The lowest BCUT2D eigenvalue weighted by Gasteiger charge is -2.33. The molecule has 1 aromatic carbocycles. The molecule has 0 aliphatic carbocycles. The highest BCUT2D eigenvalue weighted by atomic mass is 16.6. The summed E-state index contributed by atoms with van der Waals surface area (Å²) >= 11 is 0. The molecule has 2 N–H and O–H groups in total. The Labute approximate surface area is 138 Å². The maximum Gasteiger partial charge on any atom is 0.407 e. The van der Waals surface area contributed by atoms with Crippen LogP contribution in [0.3, 0.4) is 0 Å². The molecule has 0 radical (unpaired) electrons. The van der Waals surface area contributed by atoms with Gasteiger partial charge in [-0.2, -0.15) is 0 Å². The molecule has 1 rings (SSSR count). The topological polar surface area (TPSA) is 75.6 Å². The second-order valence-corrected chi connectivity index (χ2v) is 7.12. The van der Waals surface area contributed by atoms with E-state index in [1.165, 1.54) is 6.92 Å². The predicted octanol–water partition coefficient (Wildman–Crippen LogP) is 2.85. The third-order valence-corrected chi connectivity index (χ3v) is 3.33. The van der Waals surface area contributed by atoms with E-state index < -0.39 is 23.3 Å². The Balaban J connectivity index is 2.92. The number of benzene rings is 1. The van der Waals surface area contributed by atoms with Gasteiger partial charge in [-0.3, -0.25) is 4.79 Å². The number of ether oxygens (including phenoxy) is 1. The molecule has 5 heteroatoms. The molecule has 128 valence electrons. The lowest BCUT2D eigenvalue weighted by atomic mass is 9.87. The third kappa shape index (κ3) is 7.28. The Bertz CT molecular complexity index is 532. The number of rotatable bonds is 6. The zero-order valence-electron chi connectivity index (χ0n) is 14.6. The summed E-state index contributed by atoms with van der Waals surface area (Å²) in [4.78, 5) is 23.5. The van der Waals surface area contributed by atoms with Gasteiger partial charge in [-0.15, -0.1) is 0 Å². The lowest BCUT2D eigenvalue weighted by Crippen LogP contribution is -2.54.